The van der Waals surface area contributed by atoms with E-state index >= 15 is 0 Å². The smallest absolute Gasteiger partial charge is 0.244 e. The summed E-state index contributed by atoms with van der Waals surface area (Å²) >= 11 is 0. The zero-order valence-corrected chi connectivity index (χ0v) is 17.0. The molecule has 0 saturated heterocycles. The molecular formula is C24H25N3O3. The standard InChI is InChI=1S/C24H25N3O3/c1-3-14-30-22-10-8-19(15-23(22)29-2)9-11-24(28)26-16-20-4-6-21(7-5-20)17-27-13-12-25-18-27/h3-13,15,18H,1,14,16-17H2,2H3,(H,26,28)/b11-9+. The Morgan fingerprint density at radius 2 is 1.97 bits per heavy atom. The van der Waals surface area contributed by atoms with Crippen LogP contribution in [0.2, 0.25) is 0 Å². The Morgan fingerprint density at radius 3 is 2.67 bits per heavy atom. The lowest BCUT2D eigenvalue weighted by atomic mass is 10.1. The van der Waals surface area contributed by atoms with Gasteiger partial charge in [-0.05, 0) is 34.9 Å². The summed E-state index contributed by atoms with van der Waals surface area (Å²) in [5.41, 5.74) is 3.06. The minimum Gasteiger partial charge on any atom is -0.493 e. The fourth-order valence-corrected chi connectivity index (χ4v) is 2.83. The number of hydrogen-bond donors (Lipinski definition) is 1. The molecule has 1 N–H and O–H groups in total. The topological polar surface area (TPSA) is 65.4 Å². The highest BCUT2D eigenvalue weighted by atomic mass is 16.5. The van der Waals surface area contributed by atoms with Crippen molar-refractivity contribution < 1.29 is 14.3 Å². The molecule has 1 heterocycles. The number of carbonyl (C=O) groups excluding carboxylic acids is 1. The summed E-state index contributed by atoms with van der Waals surface area (Å²) in [5.74, 6) is 1.08. The van der Waals surface area contributed by atoms with Crippen LogP contribution in [0.15, 0.2) is 79.9 Å². The van der Waals surface area contributed by atoms with Crippen molar-refractivity contribution in [3.63, 3.8) is 0 Å². The molecule has 2 aromatic carbocycles. The number of carbonyl (C=O) groups is 1. The molecule has 0 atom stereocenters. The van der Waals surface area contributed by atoms with Crippen LogP contribution in [-0.4, -0.2) is 29.2 Å². The Hall–Kier alpha value is -3.80. The molecule has 0 spiro atoms. The predicted molar refractivity (Wildman–Crippen MR) is 117 cm³/mol. The number of hydrogen-bond acceptors (Lipinski definition) is 4. The summed E-state index contributed by atoms with van der Waals surface area (Å²) in [4.78, 5) is 16.2. The second-order valence-corrected chi connectivity index (χ2v) is 6.61. The number of amides is 1. The van der Waals surface area contributed by atoms with Crippen LogP contribution in [0, 0.1) is 0 Å². The van der Waals surface area contributed by atoms with Crippen molar-refractivity contribution in [3.8, 4) is 11.5 Å². The summed E-state index contributed by atoms with van der Waals surface area (Å²) in [6, 6.07) is 13.6. The van der Waals surface area contributed by atoms with E-state index in [2.05, 4.69) is 29.0 Å². The fraction of sp³-hybridized carbons (Fsp3) is 0.167. The molecular weight excluding hydrogens is 378 g/mol. The maximum atomic E-state index is 12.2. The van der Waals surface area contributed by atoms with E-state index < -0.39 is 0 Å². The van der Waals surface area contributed by atoms with Gasteiger partial charge in [0.05, 0.1) is 13.4 Å². The molecule has 0 aliphatic rings. The van der Waals surface area contributed by atoms with Crippen LogP contribution in [-0.2, 0) is 17.9 Å². The third kappa shape index (κ3) is 6.10. The largest absolute Gasteiger partial charge is 0.493 e. The molecule has 0 fully saturated rings. The van der Waals surface area contributed by atoms with Crippen molar-refractivity contribution in [3.05, 3.63) is 96.6 Å². The SMILES string of the molecule is C=CCOc1ccc(/C=C/C(=O)NCc2ccc(Cn3ccnc3)cc2)cc1OC. The first-order valence-corrected chi connectivity index (χ1v) is 9.59. The van der Waals surface area contributed by atoms with Crippen LogP contribution in [0.25, 0.3) is 6.08 Å². The Kier molecular flexibility index (Phi) is 7.44. The molecule has 0 saturated carbocycles. The molecule has 0 aliphatic carbocycles. The van der Waals surface area contributed by atoms with Gasteiger partial charge in [-0.1, -0.05) is 43.0 Å². The van der Waals surface area contributed by atoms with Crippen LogP contribution in [0.3, 0.4) is 0 Å². The number of nitrogens with one attached hydrogen (secondary N) is 1. The molecule has 0 aliphatic heterocycles. The zero-order chi connectivity index (χ0) is 21.2. The third-order valence-electron chi connectivity index (χ3n) is 4.39. The Bertz CT molecular complexity index is 993. The highest BCUT2D eigenvalue weighted by Gasteiger charge is 2.04. The lowest BCUT2D eigenvalue weighted by Gasteiger charge is -2.09. The number of nitrogens with zero attached hydrogens (tertiary/aromatic N) is 2. The van der Waals surface area contributed by atoms with Gasteiger partial charge in [0.25, 0.3) is 0 Å². The van der Waals surface area contributed by atoms with Crippen molar-refractivity contribution in [2.45, 2.75) is 13.1 Å². The molecule has 154 valence electrons. The predicted octanol–water partition coefficient (Wildman–Crippen LogP) is 3.83. The van der Waals surface area contributed by atoms with E-state index in [-0.39, 0.29) is 5.91 Å². The van der Waals surface area contributed by atoms with Crippen LogP contribution in [0.4, 0.5) is 0 Å². The van der Waals surface area contributed by atoms with Crippen LogP contribution in [0.1, 0.15) is 16.7 Å². The minimum absolute atomic E-state index is 0.163. The molecule has 0 unspecified atom stereocenters. The van der Waals surface area contributed by atoms with Gasteiger partial charge >= 0.3 is 0 Å². The van der Waals surface area contributed by atoms with Crippen molar-refractivity contribution in [1.82, 2.24) is 14.9 Å². The van der Waals surface area contributed by atoms with E-state index in [9.17, 15) is 4.79 Å². The molecule has 30 heavy (non-hydrogen) atoms. The number of aromatic nitrogens is 2. The summed E-state index contributed by atoms with van der Waals surface area (Å²) in [6.07, 6.45) is 10.4. The van der Waals surface area contributed by atoms with E-state index in [1.807, 2.05) is 41.1 Å². The monoisotopic (exact) mass is 403 g/mol. The fourth-order valence-electron chi connectivity index (χ4n) is 2.83. The van der Waals surface area contributed by atoms with Crippen molar-refractivity contribution >= 4 is 12.0 Å². The number of rotatable bonds is 10. The van der Waals surface area contributed by atoms with Gasteiger partial charge in [-0.25, -0.2) is 4.98 Å². The Balaban J connectivity index is 1.51. The molecule has 0 radical (unpaired) electrons. The first-order valence-electron chi connectivity index (χ1n) is 9.59. The van der Waals surface area contributed by atoms with Crippen molar-refractivity contribution in [2.75, 3.05) is 13.7 Å². The summed E-state index contributed by atoms with van der Waals surface area (Å²) in [7, 11) is 1.58. The van der Waals surface area contributed by atoms with Gasteiger partial charge in [0.15, 0.2) is 11.5 Å². The average molecular weight is 403 g/mol. The second kappa shape index (κ2) is 10.7. The van der Waals surface area contributed by atoms with Gasteiger partial charge in [-0.2, -0.15) is 0 Å². The lowest BCUT2D eigenvalue weighted by Crippen LogP contribution is -2.20. The molecule has 1 aromatic heterocycles. The number of methoxy groups -OCH3 is 1. The van der Waals surface area contributed by atoms with Crippen LogP contribution in [0.5, 0.6) is 11.5 Å². The molecule has 0 bridgehead atoms. The van der Waals surface area contributed by atoms with Crippen LogP contribution < -0.4 is 14.8 Å². The molecule has 3 rings (SSSR count). The van der Waals surface area contributed by atoms with E-state index in [0.29, 0.717) is 24.7 Å². The minimum atomic E-state index is -0.163. The van der Waals surface area contributed by atoms with Crippen molar-refractivity contribution in [2.24, 2.45) is 0 Å². The number of imidazole rings is 1. The number of ether oxygens (including phenoxy) is 2. The van der Waals surface area contributed by atoms with Crippen LogP contribution >= 0.6 is 0 Å². The molecule has 3 aromatic rings. The lowest BCUT2D eigenvalue weighted by molar-refractivity contribution is -0.116. The second-order valence-electron chi connectivity index (χ2n) is 6.61. The van der Waals surface area contributed by atoms with Crippen molar-refractivity contribution in [1.29, 1.82) is 0 Å². The highest BCUT2D eigenvalue weighted by Crippen LogP contribution is 2.28. The van der Waals surface area contributed by atoms with E-state index in [4.69, 9.17) is 9.47 Å². The maximum absolute atomic E-state index is 12.2. The molecule has 6 nitrogen and oxygen atoms in total. The van der Waals surface area contributed by atoms with E-state index in [0.717, 1.165) is 17.7 Å². The highest BCUT2D eigenvalue weighted by molar-refractivity contribution is 5.91. The van der Waals surface area contributed by atoms with Gasteiger partial charge in [0.2, 0.25) is 5.91 Å². The Morgan fingerprint density at radius 1 is 1.17 bits per heavy atom. The summed E-state index contributed by atoms with van der Waals surface area (Å²) < 4.78 is 12.9. The zero-order valence-electron chi connectivity index (χ0n) is 17.0. The Labute approximate surface area is 176 Å². The van der Waals surface area contributed by atoms with Gasteiger partial charge < -0.3 is 19.4 Å². The first kappa shape index (κ1) is 20.9. The van der Waals surface area contributed by atoms with Gasteiger partial charge in [-0.15, -0.1) is 0 Å². The van der Waals surface area contributed by atoms with Gasteiger partial charge in [0, 0.05) is 31.6 Å². The normalized spacial score (nSPS) is 10.7. The quantitative estimate of drug-likeness (QED) is 0.413. The van der Waals surface area contributed by atoms with Gasteiger partial charge in [-0.3, -0.25) is 4.79 Å². The summed E-state index contributed by atoms with van der Waals surface area (Å²) in [6.45, 7) is 5.27. The number of benzene rings is 2. The first-order chi connectivity index (χ1) is 14.7. The maximum Gasteiger partial charge on any atom is 0.244 e. The summed E-state index contributed by atoms with van der Waals surface area (Å²) in [5, 5.41) is 2.89. The van der Waals surface area contributed by atoms with Gasteiger partial charge in [0.1, 0.15) is 6.61 Å². The third-order valence-corrected chi connectivity index (χ3v) is 4.39. The molecule has 6 heteroatoms. The van der Waals surface area contributed by atoms with E-state index in [1.165, 1.54) is 11.6 Å². The van der Waals surface area contributed by atoms with E-state index in [1.54, 1.807) is 31.8 Å². The average Bonchev–Trinajstić information content (AvgIpc) is 3.29. The molecule has 1 amide bonds.